The third-order valence-corrected chi connectivity index (χ3v) is 4.29. The van der Waals surface area contributed by atoms with Crippen LogP contribution in [0.15, 0.2) is 47.3 Å². The first-order valence-electron chi connectivity index (χ1n) is 7.86. The summed E-state index contributed by atoms with van der Waals surface area (Å²) >= 11 is 5.85. The SMILES string of the molecule is Cn1c(=O)n(C)c2cc(NC(=O)CNC(=O)c3cccc(Cl)c3)ccc21. The molecule has 1 heterocycles. The lowest BCUT2D eigenvalue weighted by Crippen LogP contribution is -2.32. The number of anilines is 1. The van der Waals surface area contributed by atoms with Crippen molar-refractivity contribution in [2.75, 3.05) is 11.9 Å². The summed E-state index contributed by atoms with van der Waals surface area (Å²) in [4.78, 5) is 36.0. The monoisotopic (exact) mass is 372 g/mol. The van der Waals surface area contributed by atoms with Crippen LogP contribution in [0.2, 0.25) is 5.02 Å². The molecule has 0 unspecified atom stereocenters. The van der Waals surface area contributed by atoms with Gasteiger partial charge in [0.05, 0.1) is 17.6 Å². The molecule has 8 heteroatoms. The lowest BCUT2D eigenvalue weighted by atomic mass is 10.2. The Bertz CT molecular complexity index is 1070. The maximum atomic E-state index is 12.1. The fraction of sp³-hybridized carbons (Fsp3) is 0.167. The molecule has 0 aliphatic carbocycles. The number of benzene rings is 2. The van der Waals surface area contributed by atoms with Gasteiger partial charge in [0.15, 0.2) is 0 Å². The van der Waals surface area contributed by atoms with Crippen LogP contribution < -0.4 is 16.3 Å². The number of carbonyl (C=O) groups excluding carboxylic acids is 2. The summed E-state index contributed by atoms with van der Waals surface area (Å²) in [7, 11) is 3.36. The van der Waals surface area contributed by atoms with E-state index >= 15 is 0 Å². The molecule has 0 bridgehead atoms. The molecule has 0 aliphatic rings. The number of nitrogens with zero attached hydrogens (tertiary/aromatic N) is 2. The van der Waals surface area contributed by atoms with Crippen molar-refractivity contribution in [3.05, 3.63) is 63.5 Å². The Kier molecular flexibility index (Phi) is 4.81. The third-order valence-electron chi connectivity index (χ3n) is 4.05. The highest BCUT2D eigenvalue weighted by atomic mass is 35.5. The maximum absolute atomic E-state index is 12.1. The maximum Gasteiger partial charge on any atom is 0.328 e. The zero-order chi connectivity index (χ0) is 18.8. The van der Waals surface area contributed by atoms with E-state index in [1.807, 2.05) is 0 Å². The fourth-order valence-electron chi connectivity index (χ4n) is 2.68. The molecule has 1 aromatic heterocycles. The van der Waals surface area contributed by atoms with E-state index < -0.39 is 0 Å². The van der Waals surface area contributed by atoms with Crippen molar-refractivity contribution in [2.45, 2.75) is 0 Å². The average Bonchev–Trinajstić information content (AvgIpc) is 2.84. The quantitative estimate of drug-likeness (QED) is 0.733. The average molecular weight is 373 g/mol. The number of aryl methyl sites for hydroxylation is 2. The second-order valence-corrected chi connectivity index (χ2v) is 6.28. The van der Waals surface area contributed by atoms with E-state index in [2.05, 4.69) is 10.6 Å². The number of halogens is 1. The van der Waals surface area contributed by atoms with Gasteiger partial charge in [0, 0.05) is 30.4 Å². The summed E-state index contributed by atoms with van der Waals surface area (Å²) in [5.74, 6) is -0.760. The van der Waals surface area contributed by atoms with E-state index in [9.17, 15) is 14.4 Å². The molecular weight excluding hydrogens is 356 g/mol. The van der Waals surface area contributed by atoms with Crippen LogP contribution in [0.5, 0.6) is 0 Å². The topological polar surface area (TPSA) is 85.1 Å². The van der Waals surface area contributed by atoms with Gasteiger partial charge < -0.3 is 10.6 Å². The summed E-state index contributed by atoms with van der Waals surface area (Å²) in [5, 5.41) is 5.69. The van der Waals surface area contributed by atoms with Crippen LogP contribution in [0.4, 0.5) is 5.69 Å². The number of rotatable bonds is 4. The van der Waals surface area contributed by atoms with E-state index in [4.69, 9.17) is 11.6 Å². The Morgan fingerprint density at radius 3 is 2.50 bits per heavy atom. The first kappa shape index (κ1) is 17.8. The first-order chi connectivity index (χ1) is 12.4. The minimum Gasteiger partial charge on any atom is -0.343 e. The molecule has 7 nitrogen and oxygen atoms in total. The van der Waals surface area contributed by atoms with Gasteiger partial charge in [0.2, 0.25) is 5.91 Å². The highest BCUT2D eigenvalue weighted by Crippen LogP contribution is 2.17. The zero-order valence-corrected chi connectivity index (χ0v) is 15.0. The van der Waals surface area contributed by atoms with E-state index in [0.29, 0.717) is 21.8 Å². The second-order valence-electron chi connectivity index (χ2n) is 5.85. The summed E-state index contributed by atoms with van der Waals surface area (Å²) in [6, 6.07) is 11.7. The van der Waals surface area contributed by atoms with Crippen molar-refractivity contribution in [3.8, 4) is 0 Å². The highest BCUT2D eigenvalue weighted by molar-refractivity contribution is 6.31. The van der Waals surface area contributed by atoms with Crippen LogP contribution in [-0.4, -0.2) is 27.5 Å². The van der Waals surface area contributed by atoms with Crippen LogP contribution >= 0.6 is 11.6 Å². The number of amides is 2. The molecule has 0 atom stereocenters. The van der Waals surface area contributed by atoms with Crippen molar-refractivity contribution in [1.82, 2.24) is 14.5 Å². The lowest BCUT2D eigenvalue weighted by molar-refractivity contribution is -0.115. The number of hydrogen-bond acceptors (Lipinski definition) is 3. The Morgan fingerprint density at radius 2 is 1.77 bits per heavy atom. The highest BCUT2D eigenvalue weighted by Gasteiger charge is 2.11. The molecule has 0 radical (unpaired) electrons. The molecule has 2 N–H and O–H groups in total. The van der Waals surface area contributed by atoms with E-state index in [0.717, 1.165) is 5.52 Å². The van der Waals surface area contributed by atoms with Crippen LogP contribution in [0.1, 0.15) is 10.4 Å². The number of hydrogen-bond donors (Lipinski definition) is 2. The Labute approximate surface area is 154 Å². The van der Waals surface area contributed by atoms with Gasteiger partial charge in [-0.1, -0.05) is 17.7 Å². The van der Waals surface area contributed by atoms with Crippen molar-refractivity contribution in [3.63, 3.8) is 0 Å². The van der Waals surface area contributed by atoms with E-state index in [-0.39, 0.29) is 24.0 Å². The summed E-state index contributed by atoms with van der Waals surface area (Å²) in [6.07, 6.45) is 0. The van der Waals surface area contributed by atoms with Crippen molar-refractivity contribution in [2.24, 2.45) is 14.1 Å². The summed E-state index contributed by atoms with van der Waals surface area (Å²) < 4.78 is 3.04. The molecule has 0 saturated carbocycles. The molecule has 0 spiro atoms. The minimum atomic E-state index is -0.386. The molecule has 134 valence electrons. The summed E-state index contributed by atoms with van der Waals surface area (Å²) in [6.45, 7) is -0.183. The van der Waals surface area contributed by atoms with Crippen LogP contribution in [0.3, 0.4) is 0 Å². The molecule has 2 aromatic carbocycles. The third kappa shape index (κ3) is 3.48. The normalized spacial score (nSPS) is 10.7. The van der Waals surface area contributed by atoms with Crippen molar-refractivity contribution in [1.29, 1.82) is 0 Å². The van der Waals surface area contributed by atoms with Gasteiger partial charge in [0.25, 0.3) is 5.91 Å². The van der Waals surface area contributed by atoms with Crippen molar-refractivity contribution < 1.29 is 9.59 Å². The Balaban J connectivity index is 1.66. The predicted octanol–water partition coefficient (Wildman–Crippen LogP) is 1.90. The predicted molar refractivity (Wildman–Crippen MR) is 101 cm³/mol. The molecule has 3 rings (SSSR count). The minimum absolute atomic E-state index is 0.141. The molecule has 0 fully saturated rings. The van der Waals surface area contributed by atoms with Gasteiger partial charge in [-0.2, -0.15) is 0 Å². The standard InChI is InChI=1S/C18H17ClN4O3/c1-22-14-7-6-13(9-15(14)23(2)18(22)26)21-16(24)10-20-17(25)11-4-3-5-12(19)8-11/h3-9H,10H2,1-2H3,(H,20,25)(H,21,24). The van der Waals surface area contributed by atoms with Gasteiger partial charge in [-0.3, -0.25) is 18.7 Å². The van der Waals surface area contributed by atoms with Gasteiger partial charge in [-0.25, -0.2) is 4.79 Å². The molecule has 26 heavy (non-hydrogen) atoms. The van der Waals surface area contributed by atoms with Crippen LogP contribution in [0.25, 0.3) is 11.0 Å². The van der Waals surface area contributed by atoms with Gasteiger partial charge in [-0.15, -0.1) is 0 Å². The van der Waals surface area contributed by atoms with Crippen LogP contribution in [-0.2, 0) is 18.9 Å². The Hall–Kier alpha value is -3.06. The number of imidazole rings is 1. The smallest absolute Gasteiger partial charge is 0.328 e. The largest absolute Gasteiger partial charge is 0.343 e. The second kappa shape index (κ2) is 7.05. The molecule has 0 saturated heterocycles. The summed E-state index contributed by atoms with van der Waals surface area (Å²) in [5.41, 5.74) is 2.26. The molecular formula is C18H17ClN4O3. The number of nitrogens with one attached hydrogen (secondary N) is 2. The Morgan fingerprint density at radius 1 is 1.04 bits per heavy atom. The fourth-order valence-corrected chi connectivity index (χ4v) is 2.87. The number of carbonyl (C=O) groups is 2. The zero-order valence-electron chi connectivity index (χ0n) is 14.2. The van der Waals surface area contributed by atoms with Gasteiger partial charge >= 0.3 is 5.69 Å². The van der Waals surface area contributed by atoms with Gasteiger partial charge in [0.1, 0.15) is 0 Å². The van der Waals surface area contributed by atoms with Crippen molar-refractivity contribution >= 4 is 40.1 Å². The molecule has 0 aliphatic heterocycles. The number of fused-ring (bicyclic) bond motifs is 1. The molecule has 2 amide bonds. The van der Waals surface area contributed by atoms with Gasteiger partial charge in [-0.05, 0) is 36.4 Å². The van der Waals surface area contributed by atoms with E-state index in [1.165, 1.54) is 15.2 Å². The number of aromatic nitrogens is 2. The van der Waals surface area contributed by atoms with Crippen LogP contribution in [0, 0.1) is 0 Å². The van der Waals surface area contributed by atoms with E-state index in [1.54, 1.807) is 50.5 Å². The molecule has 3 aromatic rings. The first-order valence-corrected chi connectivity index (χ1v) is 8.23. The lowest BCUT2D eigenvalue weighted by Gasteiger charge is -2.08.